The molecule has 0 fully saturated rings. The number of nitrogens with zero attached hydrogens (tertiary/aromatic N) is 2. The van der Waals surface area contributed by atoms with Crippen LogP contribution < -0.4 is 0 Å². The average molecular weight is 371 g/mol. The SMILES string of the molecule is CCCCS(=O)(=O)C1=C(c2ccccc2)N(C)N(C)C1c1ccccc1. The van der Waals surface area contributed by atoms with Gasteiger partial charge in [0.25, 0.3) is 0 Å². The second kappa shape index (κ2) is 7.64. The molecule has 0 N–H and O–H groups in total. The van der Waals surface area contributed by atoms with Gasteiger partial charge in [0.05, 0.1) is 22.4 Å². The summed E-state index contributed by atoms with van der Waals surface area (Å²) in [5, 5.41) is 3.97. The lowest BCUT2D eigenvalue weighted by atomic mass is 10.0. The molecule has 0 aromatic heterocycles. The third kappa shape index (κ3) is 3.41. The largest absolute Gasteiger partial charge is 0.307 e. The minimum absolute atomic E-state index is 0.181. The minimum Gasteiger partial charge on any atom is -0.307 e. The molecular formula is C21H26N2O2S. The highest BCUT2D eigenvalue weighted by atomic mass is 32.2. The number of hydrogen-bond donors (Lipinski definition) is 0. The van der Waals surface area contributed by atoms with Gasteiger partial charge in [-0.2, -0.15) is 0 Å². The van der Waals surface area contributed by atoms with E-state index in [4.69, 9.17) is 0 Å². The van der Waals surface area contributed by atoms with Crippen LogP contribution in [0.25, 0.3) is 5.70 Å². The molecule has 26 heavy (non-hydrogen) atoms. The predicted molar refractivity (Wildman–Crippen MR) is 107 cm³/mol. The molecule has 0 radical (unpaired) electrons. The second-order valence-corrected chi connectivity index (χ2v) is 8.74. The Kier molecular flexibility index (Phi) is 5.49. The Bertz CT molecular complexity index is 877. The average Bonchev–Trinajstić information content (AvgIpc) is 2.93. The van der Waals surface area contributed by atoms with Crippen LogP contribution in [-0.4, -0.2) is 38.3 Å². The summed E-state index contributed by atoms with van der Waals surface area (Å²) in [6.07, 6.45) is 1.53. The third-order valence-corrected chi connectivity index (χ3v) is 6.83. The molecule has 1 heterocycles. The van der Waals surface area contributed by atoms with Gasteiger partial charge in [-0.15, -0.1) is 0 Å². The normalized spacial score (nSPS) is 18.6. The number of rotatable bonds is 6. The van der Waals surface area contributed by atoms with Crippen LogP contribution in [0.2, 0.25) is 0 Å². The van der Waals surface area contributed by atoms with E-state index >= 15 is 0 Å². The quantitative estimate of drug-likeness (QED) is 0.767. The summed E-state index contributed by atoms with van der Waals surface area (Å²) in [5.74, 6) is 0.181. The van der Waals surface area contributed by atoms with Gasteiger partial charge in [0, 0.05) is 19.7 Å². The van der Waals surface area contributed by atoms with Crippen molar-refractivity contribution >= 4 is 15.5 Å². The molecule has 0 saturated heterocycles. The summed E-state index contributed by atoms with van der Waals surface area (Å²) < 4.78 is 26.7. The van der Waals surface area contributed by atoms with E-state index in [1.54, 1.807) is 0 Å². The summed E-state index contributed by atoms with van der Waals surface area (Å²) in [4.78, 5) is 0.508. The van der Waals surface area contributed by atoms with Gasteiger partial charge in [0.15, 0.2) is 9.84 Å². The lowest BCUT2D eigenvalue weighted by Crippen LogP contribution is -2.32. The van der Waals surface area contributed by atoms with Gasteiger partial charge in [0.1, 0.15) is 0 Å². The Balaban J connectivity index is 2.23. The van der Waals surface area contributed by atoms with E-state index in [-0.39, 0.29) is 11.8 Å². The smallest absolute Gasteiger partial charge is 0.178 e. The lowest BCUT2D eigenvalue weighted by Gasteiger charge is -2.29. The molecule has 0 bridgehead atoms. The molecule has 0 saturated carbocycles. The van der Waals surface area contributed by atoms with Crippen molar-refractivity contribution in [2.45, 2.75) is 25.8 Å². The van der Waals surface area contributed by atoms with Crippen molar-refractivity contribution in [3.8, 4) is 0 Å². The van der Waals surface area contributed by atoms with E-state index in [9.17, 15) is 8.42 Å². The first-order chi connectivity index (χ1) is 12.5. The fraction of sp³-hybridized carbons (Fsp3) is 0.333. The van der Waals surface area contributed by atoms with E-state index in [2.05, 4.69) is 0 Å². The standard InChI is InChI=1S/C21H26N2O2S/c1-4-5-16-26(24,25)21-19(17-12-8-6-9-13-17)22(2)23(3)20(21)18-14-10-7-11-15-18/h6-15,19H,4-5,16H2,1-3H3. The Hall–Kier alpha value is -2.11. The molecule has 138 valence electrons. The van der Waals surface area contributed by atoms with E-state index < -0.39 is 9.84 Å². The number of likely N-dealkylation sites (N-methyl/N-ethyl adjacent to an activating group) is 1. The van der Waals surface area contributed by atoms with E-state index in [1.165, 1.54) is 0 Å². The van der Waals surface area contributed by atoms with Crippen molar-refractivity contribution in [1.82, 2.24) is 10.0 Å². The highest BCUT2D eigenvalue weighted by Gasteiger charge is 2.42. The maximum absolute atomic E-state index is 13.3. The summed E-state index contributed by atoms with van der Waals surface area (Å²) in [6.45, 7) is 2.02. The molecule has 0 amide bonds. The maximum atomic E-state index is 13.3. The van der Waals surface area contributed by atoms with Crippen molar-refractivity contribution in [2.75, 3.05) is 19.8 Å². The molecule has 1 aliphatic heterocycles. The monoisotopic (exact) mass is 370 g/mol. The molecule has 0 spiro atoms. The van der Waals surface area contributed by atoms with Crippen LogP contribution in [0.1, 0.15) is 36.9 Å². The number of unbranched alkanes of at least 4 members (excludes halogenated alkanes) is 1. The molecule has 4 nitrogen and oxygen atoms in total. The van der Waals surface area contributed by atoms with Crippen LogP contribution in [0.15, 0.2) is 65.6 Å². The molecule has 5 heteroatoms. The van der Waals surface area contributed by atoms with Gasteiger partial charge < -0.3 is 5.01 Å². The Labute approximate surface area is 156 Å². The third-order valence-electron chi connectivity index (χ3n) is 4.92. The van der Waals surface area contributed by atoms with Crippen LogP contribution >= 0.6 is 0 Å². The van der Waals surface area contributed by atoms with Crippen molar-refractivity contribution < 1.29 is 8.42 Å². The van der Waals surface area contributed by atoms with E-state index in [0.717, 1.165) is 23.2 Å². The fourth-order valence-corrected chi connectivity index (χ4v) is 5.54. The Morgan fingerprint density at radius 3 is 2.08 bits per heavy atom. The van der Waals surface area contributed by atoms with Crippen molar-refractivity contribution in [1.29, 1.82) is 0 Å². The summed E-state index contributed by atoms with van der Waals surface area (Å²) in [7, 11) is 0.492. The van der Waals surface area contributed by atoms with Crippen molar-refractivity contribution in [2.24, 2.45) is 0 Å². The minimum atomic E-state index is -3.39. The Morgan fingerprint density at radius 1 is 0.923 bits per heavy atom. The summed E-state index contributed by atoms with van der Waals surface area (Å²) in [6, 6.07) is 19.3. The van der Waals surface area contributed by atoms with Gasteiger partial charge in [-0.1, -0.05) is 74.0 Å². The number of hydrazine groups is 1. The lowest BCUT2D eigenvalue weighted by molar-refractivity contribution is 0.0821. The molecule has 1 atom stereocenters. The molecule has 0 aliphatic carbocycles. The van der Waals surface area contributed by atoms with E-state index in [0.29, 0.717) is 11.3 Å². The first kappa shape index (κ1) is 18.7. The van der Waals surface area contributed by atoms with Crippen LogP contribution in [0.4, 0.5) is 0 Å². The summed E-state index contributed by atoms with van der Waals surface area (Å²) in [5.41, 5.74) is 2.69. The van der Waals surface area contributed by atoms with Gasteiger partial charge in [-0.25, -0.2) is 13.4 Å². The van der Waals surface area contributed by atoms with Crippen molar-refractivity contribution in [3.63, 3.8) is 0 Å². The van der Waals surface area contributed by atoms with Crippen molar-refractivity contribution in [3.05, 3.63) is 76.7 Å². The molecule has 2 aromatic rings. The maximum Gasteiger partial charge on any atom is 0.178 e. The zero-order valence-electron chi connectivity index (χ0n) is 15.6. The molecule has 1 aliphatic rings. The van der Waals surface area contributed by atoms with Crippen LogP contribution in [-0.2, 0) is 9.84 Å². The van der Waals surface area contributed by atoms with Crippen LogP contribution in [0.5, 0.6) is 0 Å². The van der Waals surface area contributed by atoms with Crippen LogP contribution in [0.3, 0.4) is 0 Å². The molecular weight excluding hydrogens is 344 g/mol. The van der Waals surface area contributed by atoms with Gasteiger partial charge >= 0.3 is 0 Å². The highest BCUT2D eigenvalue weighted by Crippen LogP contribution is 2.45. The number of sulfone groups is 1. The number of benzene rings is 2. The molecule has 1 unspecified atom stereocenters. The van der Waals surface area contributed by atoms with Gasteiger partial charge in [-0.05, 0) is 12.0 Å². The van der Waals surface area contributed by atoms with Gasteiger partial charge in [-0.3, -0.25) is 0 Å². The first-order valence-electron chi connectivity index (χ1n) is 9.01. The topological polar surface area (TPSA) is 40.6 Å². The zero-order valence-corrected chi connectivity index (χ0v) is 16.4. The summed E-state index contributed by atoms with van der Waals surface area (Å²) >= 11 is 0. The molecule has 2 aromatic carbocycles. The van der Waals surface area contributed by atoms with E-state index in [1.807, 2.05) is 91.7 Å². The molecule has 3 rings (SSSR count). The van der Waals surface area contributed by atoms with Gasteiger partial charge in [0.2, 0.25) is 0 Å². The van der Waals surface area contributed by atoms with Crippen LogP contribution in [0, 0.1) is 0 Å². The zero-order chi connectivity index (χ0) is 18.7. The Morgan fingerprint density at radius 2 is 1.50 bits per heavy atom. The predicted octanol–water partition coefficient (Wildman–Crippen LogP) is 4.10. The fourth-order valence-electron chi connectivity index (χ4n) is 3.48. The highest BCUT2D eigenvalue weighted by molar-refractivity contribution is 7.95. The number of hydrogen-bond acceptors (Lipinski definition) is 4. The second-order valence-electron chi connectivity index (χ2n) is 6.66. The first-order valence-corrected chi connectivity index (χ1v) is 10.7.